The SMILES string of the molecule is CCC1CCCC(O)(c2cccc3cccnc23)C1. The Morgan fingerprint density at radius 1 is 1.32 bits per heavy atom. The van der Waals surface area contributed by atoms with Gasteiger partial charge in [0.05, 0.1) is 11.1 Å². The zero-order valence-corrected chi connectivity index (χ0v) is 11.5. The van der Waals surface area contributed by atoms with Crippen molar-refractivity contribution in [2.45, 2.75) is 44.6 Å². The minimum absolute atomic E-state index is 0.637. The second-order valence-electron chi connectivity index (χ2n) is 5.78. The van der Waals surface area contributed by atoms with Gasteiger partial charge < -0.3 is 5.11 Å². The van der Waals surface area contributed by atoms with E-state index < -0.39 is 5.60 Å². The Hall–Kier alpha value is -1.41. The topological polar surface area (TPSA) is 33.1 Å². The molecule has 1 aromatic carbocycles. The third kappa shape index (κ3) is 2.25. The maximum Gasteiger partial charge on any atom is 0.0920 e. The number of hydrogen-bond donors (Lipinski definition) is 1. The largest absolute Gasteiger partial charge is 0.385 e. The summed E-state index contributed by atoms with van der Waals surface area (Å²) in [5.74, 6) is 0.637. The van der Waals surface area contributed by atoms with E-state index in [0.29, 0.717) is 5.92 Å². The molecule has 1 saturated carbocycles. The van der Waals surface area contributed by atoms with Crippen LogP contribution in [-0.2, 0) is 5.60 Å². The van der Waals surface area contributed by atoms with E-state index in [4.69, 9.17) is 0 Å². The fraction of sp³-hybridized carbons (Fsp3) is 0.471. The lowest BCUT2D eigenvalue weighted by molar-refractivity contribution is -0.0205. The van der Waals surface area contributed by atoms with Crippen LogP contribution in [0.1, 0.15) is 44.6 Å². The van der Waals surface area contributed by atoms with Gasteiger partial charge in [-0.15, -0.1) is 0 Å². The van der Waals surface area contributed by atoms with Crippen molar-refractivity contribution in [3.05, 3.63) is 42.1 Å². The highest BCUT2D eigenvalue weighted by molar-refractivity contribution is 5.82. The molecule has 19 heavy (non-hydrogen) atoms. The predicted octanol–water partition coefficient (Wildman–Crippen LogP) is 4.02. The van der Waals surface area contributed by atoms with Gasteiger partial charge in [-0.1, -0.05) is 44.0 Å². The standard InChI is InChI=1S/C17H21NO/c1-2-13-6-4-10-17(19,12-13)15-9-3-7-14-8-5-11-18-16(14)15/h3,5,7-9,11,13,19H,2,4,6,10,12H2,1H3. The fourth-order valence-electron chi connectivity index (χ4n) is 3.44. The second kappa shape index (κ2) is 4.93. The van der Waals surface area contributed by atoms with Crippen LogP contribution in [0.25, 0.3) is 10.9 Å². The summed E-state index contributed by atoms with van der Waals surface area (Å²) >= 11 is 0. The van der Waals surface area contributed by atoms with Crippen LogP contribution in [0, 0.1) is 5.92 Å². The minimum atomic E-state index is -0.688. The molecule has 0 radical (unpaired) electrons. The van der Waals surface area contributed by atoms with Crippen molar-refractivity contribution in [2.75, 3.05) is 0 Å². The average Bonchev–Trinajstić information content (AvgIpc) is 2.46. The highest BCUT2D eigenvalue weighted by atomic mass is 16.3. The predicted molar refractivity (Wildman–Crippen MR) is 77.9 cm³/mol. The Kier molecular flexibility index (Phi) is 3.28. The normalized spacial score (nSPS) is 27.6. The zero-order valence-electron chi connectivity index (χ0n) is 11.5. The van der Waals surface area contributed by atoms with Crippen LogP contribution < -0.4 is 0 Å². The third-order valence-electron chi connectivity index (χ3n) is 4.54. The number of pyridine rings is 1. The Balaban J connectivity index is 2.07. The number of para-hydroxylation sites is 1. The zero-order chi connectivity index (χ0) is 13.3. The van der Waals surface area contributed by atoms with Gasteiger partial charge in [0.1, 0.15) is 0 Å². The first-order valence-electron chi connectivity index (χ1n) is 7.29. The maximum atomic E-state index is 11.1. The van der Waals surface area contributed by atoms with Crippen molar-refractivity contribution < 1.29 is 5.11 Å². The first-order chi connectivity index (χ1) is 9.23. The van der Waals surface area contributed by atoms with Gasteiger partial charge in [-0.25, -0.2) is 0 Å². The van der Waals surface area contributed by atoms with Gasteiger partial charge in [0.2, 0.25) is 0 Å². The minimum Gasteiger partial charge on any atom is -0.385 e. The Labute approximate surface area is 114 Å². The lowest BCUT2D eigenvalue weighted by atomic mass is 9.73. The van der Waals surface area contributed by atoms with Crippen molar-refractivity contribution in [3.8, 4) is 0 Å². The summed E-state index contributed by atoms with van der Waals surface area (Å²) in [4.78, 5) is 4.49. The molecular formula is C17H21NO. The van der Waals surface area contributed by atoms with E-state index in [1.807, 2.05) is 24.4 Å². The number of aliphatic hydroxyl groups is 1. The number of fused-ring (bicyclic) bond motifs is 1. The quantitative estimate of drug-likeness (QED) is 0.879. The molecule has 0 aliphatic heterocycles. The van der Waals surface area contributed by atoms with Gasteiger partial charge in [0.25, 0.3) is 0 Å². The van der Waals surface area contributed by atoms with Crippen LogP contribution in [0.4, 0.5) is 0 Å². The molecule has 0 bridgehead atoms. The molecule has 1 N–H and O–H groups in total. The molecule has 0 spiro atoms. The second-order valence-corrected chi connectivity index (χ2v) is 5.78. The lowest BCUT2D eigenvalue weighted by Gasteiger charge is -2.37. The van der Waals surface area contributed by atoms with Crippen LogP contribution in [-0.4, -0.2) is 10.1 Å². The van der Waals surface area contributed by atoms with Crippen LogP contribution in [0.5, 0.6) is 0 Å². The van der Waals surface area contributed by atoms with E-state index in [-0.39, 0.29) is 0 Å². The molecule has 2 nitrogen and oxygen atoms in total. The molecule has 1 aliphatic carbocycles. The Bertz CT molecular complexity index is 575. The Morgan fingerprint density at radius 2 is 2.16 bits per heavy atom. The van der Waals surface area contributed by atoms with E-state index in [1.54, 1.807) is 0 Å². The summed E-state index contributed by atoms with van der Waals surface area (Å²) in [5.41, 5.74) is 1.29. The van der Waals surface area contributed by atoms with Gasteiger partial charge in [-0.2, -0.15) is 0 Å². The highest BCUT2D eigenvalue weighted by Gasteiger charge is 2.36. The van der Waals surface area contributed by atoms with Gasteiger partial charge in [-0.3, -0.25) is 4.98 Å². The number of nitrogens with zero attached hydrogens (tertiary/aromatic N) is 1. The molecule has 2 heteroatoms. The van der Waals surface area contributed by atoms with E-state index in [0.717, 1.165) is 42.1 Å². The lowest BCUT2D eigenvalue weighted by Crippen LogP contribution is -2.32. The van der Waals surface area contributed by atoms with Crippen LogP contribution in [0.2, 0.25) is 0 Å². The van der Waals surface area contributed by atoms with Crippen LogP contribution in [0.3, 0.4) is 0 Å². The number of aromatic nitrogens is 1. The molecule has 1 fully saturated rings. The third-order valence-corrected chi connectivity index (χ3v) is 4.54. The molecule has 0 saturated heterocycles. The molecule has 2 aromatic rings. The van der Waals surface area contributed by atoms with Gasteiger partial charge in [0.15, 0.2) is 0 Å². The average molecular weight is 255 g/mol. The van der Waals surface area contributed by atoms with Crippen molar-refractivity contribution in [1.82, 2.24) is 4.98 Å². The van der Waals surface area contributed by atoms with Crippen LogP contribution >= 0.6 is 0 Å². The molecule has 0 amide bonds. The van der Waals surface area contributed by atoms with Gasteiger partial charge in [0, 0.05) is 17.1 Å². The summed E-state index contributed by atoms with van der Waals surface area (Å²) in [7, 11) is 0. The first-order valence-corrected chi connectivity index (χ1v) is 7.29. The summed E-state index contributed by atoms with van der Waals surface area (Å²) in [6, 6.07) is 10.2. The van der Waals surface area contributed by atoms with E-state index >= 15 is 0 Å². The molecular weight excluding hydrogens is 234 g/mol. The van der Waals surface area contributed by atoms with Crippen LogP contribution in [0.15, 0.2) is 36.5 Å². The molecule has 100 valence electrons. The molecule has 2 unspecified atom stereocenters. The summed E-state index contributed by atoms with van der Waals surface area (Å²) in [6.07, 6.45) is 7.06. The summed E-state index contributed by atoms with van der Waals surface area (Å²) in [5, 5.41) is 12.2. The van der Waals surface area contributed by atoms with Crippen molar-refractivity contribution in [2.24, 2.45) is 5.92 Å². The Morgan fingerprint density at radius 3 is 3.00 bits per heavy atom. The van der Waals surface area contributed by atoms with Crippen molar-refractivity contribution >= 4 is 10.9 Å². The molecule has 1 aliphatic rings. The smallest absolute Gasteiger partial charge is 0.0920 e. The van der Waals surface area contributed by atoms with Crippen molar-refractivity contribution in [3.63, 3.8) is 0 Å². The van der Waals surface area contributed by atoms with E-state index in [9.17, 15) is 5.11 Å². The van der Waals surface area contributed by atoms with E-state index in [2.05, 4.69) is 24.0 Å². The summed E-state index contributed by atoms with van der Waals surface area (Å²) < 4.78 is 0. The van der Waals surface area contributed by atoms with Crippen molar-refractivity contribution in [1.29, 1.82) is 0 Å². The molecule has 2 atom stereocenters. The fourth-order valence-corrected chi connectivity index (χ4v) is 3.44. The highest BCUT2D eigenvalue weighted by Crippen LogP contribution is 2.42. The summed E-state index contributed by atoms with van der Waals surface area (Å²) in [6.45, 7) is 2.22. The number of hydrogen-bond acceptors (Lipinski definition) is 2. The maximum absolute atomic E-state index is 11.1. The molecule has 1 heterocycles. The molecule has 1 aromatic heterocycles. The number of benzene rings is 1. The van der Waals surface area contributed by atoms with Gasteiger partial charge >= 0.3 is 0 Å². The van der Waals surface area contributed by atoms with E-state index in [1.165, 1.54) is 6.42 Å². The monoisotopic (exact) mass is 255 g/mol. The number of rotatable bonds is 2. The van der Waals surface area contributed by atoms with Gasteiger partial charge in [-0.05, 0) is 31.2 Å². The molecule has 3 rings (SSSR count). The first kappa shape index (κ1) is 12.6.